The number of fused-ring (bicyclic) bond motifs is 5. The van der Waals surface area contributed by atoms with Crippen LogP contribution < -0.4 is 54.5 Å². The third kappa shape index (κ3) is 21.7. The molecule has 0 spiro atoms. The molecule has 4 aliphatic carbocycles. The summed E-state index contributed by atoms with van der Waals surface area (Å²) >= 11 is 0. The summed E-state index contributed by atoms with van der Waals surface area (Å²) in [6.45, 7) is 16.0. The van der Waals surface area contributed by atoms with Gasteiger partial charge in [0.15, 0.2) is 0 Å². The lowest BCUT2D eigenvalue weighted by Crippen LogP contribution is -2.36. The van der Waals surface area contributed by atoms with Crippen molar-refractivity contribution < 1.29 is 56.9 Å². The summed E-state index contributed by atoms with van der Waals surface area (Å²) in [4.78, 5) is 82.4. The summed E-state index contributed by atoms with van der Waals surface area (Å²) in [6, 6.07) is 20.7. The minimum Gasteiger partial charge on any atom is -0.488 e. The van der Waals surface area contributed by atoms with E-state index >= 15 is 0 Å². The lowest BCUT2D eigenvalue weighted by atomic mass is 9.87. The van der Waals surface area contributed by atoms with E-state index in [2.05, 4.69) is 137 Å². The molecule has 4 saturated carbocycles. The Labute approximate surface area is 707 Å². The number of aromatic nitrogens is 14. The molecule has 20 rings (SSSR count). The molecule has 32 nitrogen and oxygen atoms in total. The normalized spacial score (nSPS) is 22.5. The van der Waals surface area contributed by atoms with Crippen LogP contribution in [0.15, 0.2) is 129 Å². The number of benzene rings is 4. The van der Waals surface area contributed by atoms with Gasteiger partial charge in [-0.15, -0.1) is 0 Å². The van der Waals surface area contributed by atoms with E-state index in [1.807, 2.05) is 37.5 Å². The number of morpholine rings is 4. The van der Waals surface area contributed by atoms with Gasteiger partial charge in [0, 0.05) is 192 Å². The van der Waals surface area contributed by atoms with Crippen molar-refractivity contribution in [1.82, 2.24) is 69.8 Å². The van der Waals surface area contributed by atoms with Gasteiger partial charge < -0.3 is 83.3 Å². The third-order valence-electron chi connectivity index (χ3n) is 23.9. The second kappa shape index (κ2) is 40.4. The van der Waals surface area contributed by atoms with Crippen molar-refractivity contribution in [3.8, 4) is 23.0 Å². The molecule has 0 bridgehead atoms. The van der Waals surface area contributed by atoms with Gasteiger partial charge in [0.25, 0.3) is 0 Å². The number of halogens is 1. The highest BCUT2D eigenvalue weighted by atomic mass is 19.1. The molecule has 122 heavy (non-hydrogen) atoms. The molecule has 640 valence electrons. The van der Waals surface area contributed by atoms with Crippen LogP contribution in [0.4, 0.5) is 45.0 Å². The molecule has 0 atom stereocenters. The molecule has 0 radical (unpaired) electrons. The highest BCUT2D eigenvalue weighted by molar-refractivity contribution is 5.88. The average molecular weight is 1660 g/mol. The summed E-state index contributed by atoms with van der Waals surface area (Å²) in [5.41, 5.74) is 14.1. The van der Waals surface area contributed by atoms with Crippen molar-refractivity contribution in [1.29, 1.82) is 0 Å². The molecule has 8 fully saturated rings. The number of carboxylic acid groups (broad SMARTS) is 1. The third-order valence-corrected chi connectivity index (χ3v) is 23.9. The van der Waals surface area contributed by atoms with Crippen LogP contribution in [0.3, 0.4) is 0 Å². The number of ether oxygens (including phenoxy) is 9. The van der Waals surface area contributed by atoms with Gasteiger partial charge in [0.1, 0.15) is 45.1 Å². The van der Waals surface area contributed by atoms with E-state index in [1.165, 1.54) is 17.8 Å². The van der Waals surface area contributed by atoms with E-state index in [4.69, 9.17) is 52.7 Å². The molecule has 0 unspecified atom stereocenters. The van der Waals surface area contributed by atoms with Crippen LogP contribution >= 0.6 is 0 Å². The first-order chi connectivity index (χ1) is 60.0. The second-order valence-corrected chi connectivity index (χ2v) is 32.2. The SMILES string of the molecule is Cc1cnc2cc(N3CCOCC3)cc(OC3CCC(Nc4ncccn4)CC3)c2n1.Fc1ccnc(NC2CCC(Oc3cc(N4CCOCC4)cc4nccnc34)CC2)n1.O=C(O)C1CCC(Oc2cc(N3CCOCC3)cc3nccnc23)CC1.c1cnc2c(OC3CCC(Nc4ncc5c(n4)COCC5)CC3)cc(N3CCOCC3)cc2n1. The van der Waals surface area contributed by atoms with E-state index in [1.54, 1.807) is 49.6 Å². The van der Waals surface area contributed by atoms with Crippen molar-refractivity contribution in [3.05, 3.63) is 152 Å². The standard InChI is InChI=1S/C25H30N6O3.C23H28N6O2.C22H25FN6O2.C19H23N3O4/c1-3-20(4-2-18(1)29-25-28-15-17-5-10-33-16-22(17)30-25)34-23-14-19(31-8-11-32-12-9-31)13-21-24(23)27-7-6-26-21;1-16-15-26-20-13-18(29-9-11-30-12-10-29)14-21(22(20)27-16)31-19-5-3-17(4-6-19)28-23-24-7-2-8-25-23;23-20-5-6-26-22(28-20)27-15-1-3-17(4-2-15)31-19-14-16(29-9-11-30-12-10-29)13-18-21(19)25-8-7-24-18;23-19(24)13-1-3-15(4-2-13)26-17-12-14(22-7-9-25-10-8-22)11-16-18(17)21-6-5-20-16/h6-7,13-15,18,20H,1-5,8-12,16H2,(H,28,29,30);2,7-8,13-15,17,19H,3-6,9-12H2,1H3,(H,24,25,28);5-8,13-15,17H,1-4,9-12H2,(H,26,27,28);5-6,11-13,15H,1-4,7-10H2,(H,23,24). The highest BCUT2D eigenvalue weighted by Gasteiger charge is 2.32. The fourth-order valence-electron chi connectivity index (χ4n) is 17.3. The average Bonchev–Trinajstić information content (AvgIpc) is 0.800. The van der Waals surface area contributed by atoms with E-state index in [9.17, 15) is 9.18 Å². The molecular formula is C89H106FN21O11. The Balaban J connectivity index is 0.000000116. The van der Waals surface area contributed by atoms with Crippen molar-refractivity contribution in [2.75, 3.05) is 147 Å². The first-order valence-electron chi connectivity index (χ1n) is 43.2. The Bertz CT molecular complexity index is 5280. The minimum absolute atomic E-state index is 0.0238. The summed E-state index contributed by atoms with van der Waals surface area (Å²) < 4.78 is 66.6. The zero-order valence-corrected chi connectivity index (χ0v) is 68.9. The van der Waals surface area contributed by atoms with Gasteiger partial charge in [-0.25, -0.2) is 44.9 Å². The lowest BCUT2D eigenvalue weighted by molar-refractivity contribution is -0.143. The molecule has 5 aliphatic heterocycles. The maximum Gasteiger partial charge on any atom is 0.306 e. The number of hydrogen-bond acceptors (Lipinski definition) is 31. The van der Waals surface area contributed by atoms with Gasteiger partial charge in [-0.05, 0) is 152 Å². The molecule has 11 aromatic rings. The number of rotatable bonds is 19. The molecule has 7 aromatic heterocycles. The number of carbonyl (C=O) groups is 1. The molecule has 9 aliphatic rings. The number of nitrogens with zero attached hydrogens (tertiary/aromatic N) is 18. The minimum atomic E-state index is -0.700. The molecule has 12 heterocycles. The van der Waals surface area contributed by atoms with Gasteiger partial charge in [-0.3, -0.25) is 24.7 Å². The van der Waals surface area contributed by atoms with E-state index in [-0.39, 0.29) is 36.4 Å². The molecule has 4 N–H and O–H groups in total. The monoisotopic (exact) mass is 1660 g/mol. The molecule has 33 heteroatoms. The van der Waals surface area contributed by atoms with Crippen LogP contribution in [0.1, 0.15) is 120 Å². The Morgan fingerprint density at radius 3 is 1.16 bits per heavy atom. The van der Waals surface area contributed by atoms with E-state index in [0.717, 1.165) is 296 Å². The Morgan fingerprint density at radius 1 is 0.385 bits per heavy atom. The van der Waals surface area contributed by atoms with Crippen LogP contribution in [-0.2, 0) is 41.5 Å². The first kappa shape index (κ1) is 82.8. The van der Waals surface area contributed by atoms with E-state index < -0.39 is 11.9 Å². The molecule has 0 amide bonds. The topological polar surface area (TPSA) is 350 Å². The van der Waals surface area contributed by atoms with Crippen molar-refractivity contribution in [2.45, 2.75) is 165 Å². The van der Waals surface area contributed by atoms with Crippen LogP contribution in [-0.4, -0.2) is 235 Å². The van der Waals surface area contributed by atoms with Crippen LogP contribution in [0.5, 0.6) is 23.0 Å². The van der Waals surface area contributed by atoms with Gasteiger partial charge in [0.05, 0.1) is 130 Å². The number of aryl methyl sites for hydroxylation is 1. The highest BCUT2D eigenvalue weighted by Crippen LogP contribution is 2.40. The number of carboxylic acids is 1. The molecule has 4 aromatic carbocycles. The number of nitrogens with one attached hydrogen (secondary N) is 3. The maximum absolute atomic E-state index is 13.3. The summed E-state index contributed by atoms with van der Waals surface area (Å²) in [5, 5.41) is 19.3. The summed E-state index contributed by atoms with van der Waals surface area (Å²) in [7, 11) is 0. The van der Waals surface area contributed by atoms with Gasteiger partial charge >= 0.3 is 5.97 Å². The van der Waals surface area contributed by atoms with Gasteiger partial charge in [0.2, 0.25) is 23.8 Å². The fraction of sp³-hybridized carbons (Fsp3) is 0.494. The molecular weight excluding hydrogens is 1560 g/mol. The van der Waals surface area contributed by atoms with Crippen LogP contribution in [0.2, 0.25) is 0 Å². The Hall–Kier alpha value is -11.5. The number of hydrogen-bond donors (Lipinski definition) is 4. The summed E-state index contributed by atoms with van der Waals surface area (Å²) in [6.07, 6.45) is 34.6. The maximum atomic E-state index is 13.3. The van der Waals surface area contributed by atoms with Crippen molar-refractivity contribution in [2.24, 2.45) is 5.92 Å². The molecule has 4 saturated heterocycles. The lowest BCUT2D eigenvalue weighted by Gasteiger charge is -2.31. The second-order valence-electron chi connectivity index (χ2n) is 32.2. The summed E-state index contributed by atoms with van der Waals surface area (Å²) in [5.74, 6) is 3.42. The van der Waals surface area contributed by atoms with Crippen molar-refractivity contribution >= 4 is 90.7 Å². The van der Waals surface area contributed by atoms with Gasteiger partial charge in [-0.1, -0.05) is 0 Å². The van der Waals surface area contributed by atoms with Crippen molar-refractivity contribution in [3.63, 3.8) is 0 Å². The predicted octanol–water partition coefficient (Wildman–Crippen LogP) is 12.2. The largest absolute Gasteiger partial charge is 0.488 e. The fourth-order valence-corrected chi connectivity index (χ4v) is 17.3. The van der Waals surface area contributed by atoms with Crippen LogP contribution in [0.25, 0.3) is 44.1 Å². The van der Waals surface area contributed by atoms with E-state index in [0.29, 0.717) is 62.6 Å². The number of aliphatic carboxylic acids is 1. The zero-order chi connectivity index (χ0) is 82.8. The van der Waals surface area contributed by atoms with Crippen LogP contribution in [0, 0.1) is 18.8 Å². The Kier molecular flexibility index (Phi) is 27.4. The Morgan fingerprint density at radius 2 is 0.754 bits per heavy atom. The number of anilines is 7. The first-order valence-corrected chi connectivity index (χ1v) is 43.2. The predicted molar refractivity (Wildman–Crippen MR) is 459 cm³/mol. The smallest absolute Gasteiger partial charge is 0.306 e. The van der Waals surface area contributed by atoms with Gasteiger partial charge in [-0.2, -0.15) is 9.37 Å². The zero-order valence-electron chi connectivity index (χ0n) is 68.9. The quantitative estimate of drug-likeness (QED) is 0.0546.